The van der Waals surface area contributed by atoms with Crippen LogP contribution in [0.5, 0.6) is 0 Å². The van der Waals surface area contributed by atoms with E-state index in [0.717, 1.165) is 0 Å². The summed E-state index contributed by atoms with van der Waals surface area (Å²) in [6, 6.07) is -0.144. The van der Waals surface area contributed by atoms with Crippen LogP contribution in [0.4, 0.5) is 13.2 Å². The van der Waals surface area contributed by atoms with Crippen LogP contribution in [-0.2, 0) is 0 Å². The fraction of sp³-hybridized carbons (Fsp3) is 1.00. The fourth-order valence-corrected chi connectivity index (χ4v) is 1.08. The summed E-state index contributed by atoms with van der Waals surface area (Å²) >= 11 is -0.0181. The van der Waals surface area contributed by atoms with Gasteiger partial charge in [0.15, 0.2) is 0 Å². The molecule has 0 bridgehead atoms. The van der Waals surface area contributed by atoms with Crippen LogP contribution >= 0.6 is 11.8 Å². The summed E-state index contributed by atoms with van der Waals surface area (Å²) in [5, 5.41) is 0. The lowest BCUT2D eigenvalue weighted by molar-refractivity contribution is -0.0328. The van der Waals surface area contributed by atoms with Crippen LogP contribution in [0, 0.1) is 0 Å². The van der Waals surface area contributed by atoms with Gasteiger partial charge in [0.1, 0.15) is 0 Å². The van der Waals surface area contributed by atoms with E-state index >= 15 is 0 Å². The zero-order chi connectivity index (χ0) is 8.20. The highest BCUT2D eigenvalue weighted by Crippen LogP contribution is 2.30. The first-order valence-electron chi connectivity index (χ1n) is 2.88. The van der Waals surface area contributed by atoms with E-state index < -0.39 is 5.51 Å². The van der Waals surface area contributed by atoms with Gasteiger partial charge in [0.05, 0.1) is 0 Å². The molecule has 0 radical (unpaired) electrons. The molecule has 0 heterocycles. The van der Waals surface area contributed by atoms with E-state index in [1.165, 1.54) is 0 Å². The van der Waals surface area contributed by atoms with Crippen molar-refractivity contribution in [1.29, 1.82) is 0 Å². The molecule has 1 unspecified atom stereocenters. The maximum Gasteiger partial charge on any atom is 0.441 e. The van der Waals surface area contributed by atoms with Crippen molar-refractivity contribution in [2.24, 2.45) is 5.73 Å². The van der Waals surface area contributed by atoms with E-state index in [9.17, 15) is 13.2 Å². The number of alkyl halides is 3. The van der Waals surface area contributed by atoms with Crippen LogP contribution in [0.3, 0.4) is 0 Å². The molecule has 0 aliphatic carbocycles. The number of rotatable bonds is 3. The Morgan fingerprint density at radius 1 is 1.50 bits per heavy atom. The predicted octanol–water partition coefficient (Wildman–Crippen LogP) is 1.98. The summed E-state index contributed by atoms with van der Waals surface area (Å²) < 4.78 is 34.3. The number of hydrogen-bond donors (Lipinski definition) is 1. The topological polar surface area (TPSA) is 26.0 Å². The maximum absolute atomic E-state index is 11.4. The van der Waals surface area contributed by atoms with E-state index in [1.807, 2.05) is 0 Å². The van der Waals surface area contributed by atoms with Crippen molar-refractivity contribution in [3.63, 3.8) is 0 Å². The highest BCUT2D eigenvalue weighted by Gasteiger charge is 2.27. The van der Waals surface area contributed by atoms with Gasteiger partial charge >= 0.3 is 5.51 Å². The molecule has 0 rings (SSSR count). The van der Waals surface area contributed by atoms with E-state index in [-0.39, 0.29) is 23.6 Å². The van der Waals surface area contributed by atoms with Gasteiger partial charge in [-0.1, -0.05) is 11.8 Å². The first-order chi connectivity index (χ1) is 4.42. The quantitative estimate of drug-likeness (QED) is 0.706. The molecule has 0 aliphatic heterocycles. The molecular weight excluding hydrogens is 163 g/mol. The highest BCUT2D eigenvalue weighted by molar-refractivity contribution is 8.00. The molecule has 5 heteroatoms. The molecule has 0 amide bonds. The Morgan fingerprint density at radius 3 is 2.30 bits per heavy atom. The van der Waals surface area contributed by atoms with Crippen LogP contribution in [-0.4, -0.2) is 17.3 Å². The molecule has 1 atom stereocenters. The third-order valence-electron chi connectivity index (χ3n) is 0.839. The molecule has 0 fully saturated rings. The van der Waals surface area contributed by atoms with Crippen molar-refractivity contribution >= 4 is 11.8 Å². The van der Waals surface area contributed by atoms with Gasteiger partial charge in [0.2, 0.25) is 0 Å². The Kier molecular flexibility index (Phi) is 4.12. The van der Waals surface area contributed by atoms with Crippen molar-refractivity contribution in [1.82, 2.24) is 0 Å². The summed E-state index contributed by atoms with van der Waals surface area (Å²) in [6.07, 6.45) is 0.407. The van der Waals surface area contributed by atoms with Crippen LogP contribution in [0.1, 0.15) is 13.3 Å². The summed E-state index contributed by atoms with van der Waals surface area (Å²) in [6.45, 7) is 1.69. The lowest BCUT2D eigenvalue weighted by atomic mass is 10.3. The van der Waals surface area contributed by atoms with Gasteiger partial charge in [-0.2, -0.15) is 13.2 Å². The molecule has 0 saturated heterocycles. The molecular formula is C5H10F3NS. The van der Waals surface area contributed by atoms with Crippen molar-refractivity contribution in [2.45, 2.75) is 24.9 Å². The standard InChI is InChI=1S/C5H10F3NS/c1-4(9)2-3-10-5(6,7)8/h4H,2-3,9H2,1H3. The first-order valence-corrected chi connectivity index (χ1v) is 3.86. The van der Waals surface area contributed by atoms with Crippen molar-refractivity contribution in [3.05, 3.63) is 0 Å². The summed E-state index contributed by atoms with van der Waals surface area (Å²) in [7, 11) is 0. The lowest BCUT2D eigenvalue weighted by Gasteiger charge is -2.06. The first kappa shape index (κ1) is 10.1. The van der Waals surface area contributed by atoms with E-state index in [0.29, 0.717) is 6.42 Å². The molecule has 0 aromatic carbocycles. The Balaban J connectivity index is 3.21. The van der Waals surface area contributed by atoms with Gasteiger partial charge < -0.3 is 5.73 Å². The summed E-state index contributed by atoms with van der Waals surface area (Å²) in [5.74, 6) is 0.0567. The number of hydrogen-bond acceptors (Lipinski definition) is 2. The average Bonchev–Trinajstić information content (AvgIpc) is 1.59. The minimum atomic E-state index is -4.10. The SMILES string of the molecule is CC(N)CCSC(F)(F)F. The second kappa shape index (κ2) is 4.08. The molecule has 0 aromatic heterocycles. The zero-order valence-corrected chi connectivity index (χ0v) is 6.43. The number of thioether (sulfide) groups is 1. The van der Waals surface area contributed by atoms with Crippen LogP contribution in [0.2, 0.25) is 0 Å². The van der Waals surface area contributed by atoms with Gasteiger partial charge in [0.25, 0.3) is 0 Å². The van der Waals surface area contributed by atoms with E-state index in [4.69, 9.17) is 5.73 Å². The molecule has 0 aromatic rings. The molecule has 0 saturated carbocycles. The molecule has 62 valence electrons. The minimum Gasteiger partial charge on any atom is -0.328 e. The van der Waals surface area contributed by atoms with Crippen molar-refractivity contribution < 1.29 is 13.2 Å². The normalized spacial score (nSPS) is 15.3. The monoisotopic (exact) mass is 173 g/mol. The van der Waals surface area contributed by atoms with Gasteiger partial charge in [-0.3, -0.25) is 0 Å². The minimum absolute atomic E-state index is 0.0181. The highest BCUT2D eigenvalue weighted by atomic mass is 32.2. The Morgan fingerprint density at radius 2 is 2.00 bits per heavy atom. The summed E-state index contributed by atoms with van der Waals surface area (Å²) in [4.78, 5) is 0. The van der Waals surface area contributed by atoms with Gasteiger partial charge in [-0.25, -0.2) is 0 Å². The van der Waals surface area contributed by atoms with Crippen LogP contribution in [0.25, 0.3) is 0 Å². The van der Waals surface area contributed by atoms with Crippen molar-refractivity contribution in [2.75, 3.05) is 5.75 Å². The molecule has 1 nitrogen and oxygen atoms in total. The zero-order valence-electron chi connectivity index (χ0n) is 5.61. The smallest absolute Gasteiger partial charge is 0.328 e. The number of nitrogens with two attached hydrogens (primary N) is 1. The Labute approximate surface area is 62.2 Å². The lowest BCUT2D eigenvalue weighted by Crippen LogP contribution is -2.16. The summed E-state index contributed by atoms with van der Waals surface area (Å²) in [5.41, 5.74) is 1.14. The Bertz CT molecular complexity index is 91.4. The third kappa shape index (κ3) is 8.10. The number of halogens is 3. The van der Waals surface area contributed by atoms with E-state index in [1.54, 1.807) is 6.92 Å². The molecule has 2 N–H and O–H groups in total. The fourth-order valence-electron chi connectivity index (χ4n) is 0.361. The predicted molar refractivity (Wildman–Crippen MR) is 36.8 cm³/mol. The second-order valence-corrected chi connectivity index (χ2v) is 3.22. The maximum atomic E-state index is 11.4. The second-order valence-electron chi connectivity index (χ2n) is 2.06. The van der Waals surface area contributed by atoms with Gasteiger partial charge in [-0.15, -0.1) is 0 Å². The van der Waals surface area contributed by atoms with Crippen LogP contribution < -0.4 is 5.73 Å². The largest absolute Gasteiger partial charge is 0.441 e. The van der Waals surface area contributed by atoms with Crippen molar-refractivity contribution in [3.8, 4) is 0 Å². The van der Waals surface area contributed by atoms with Gasteiger partial charge in [0, 0.05) is 11.8 Å². The third-order valence-corrected chi connectivity index (χ3v) is 1.61. The molecule has 0 aliphatic rings. The van der Waals surface area contributed by atoms with Gasteiger partial charge in [-0.05, 0) is 13.3 Å². The van der Waals surface area contributed by atoms with E-state index in [2.05, 4.69) is 0 Å². The van der Waals surface area contributed by atoms with Crippen LogP contribution in [0.15, 0.2) is 0 Å². The average molecular weight is 173 g/mol. The molecule has 10 heavy (non-hydrogen) atoms. The molecule has 0 spiro atoms. The Hall–Kier alpha value is 0.100.